The number of hydrogen-bond acceptors (Lipinski definition) is 3. The zero-order chi connectivity index (χ0) is 17.8. The Hall–Kier alpha value is -1.83. The molecule has 0 radical (unpaired) electrons. The summed E-state index contributed by atoms with van der Waals surface area (Å²) in [6, 6.07) is 2.67. The van der Waals surface area contributed by atoms with E-state index in [4.69, 9.17) is 5.26 Å². The summed E-state index contributed by atoms with van der Waals surface area (Å²) in [5.74, 6) is 1.06. The molecule has 0 spiro atoms. The van der Waals surface area contributed by atoms with Crippen LogP contribution < -0.4 is 0 Å². The first-order chi connectivity index (χ1) is 12.1. The summed E-state index contributed by atoms with van der Waals surface area (Å²) in [7, 11) is 0. The molecule has 2 atom stereocenters. The van der Waals surface area contributed by atoms with Gasteiger partial charge in [-0.05, 0) is 57.4 Å². The van der Waals surface area contributed by atoms with Gasteiger partial charge < -0.3 is 4.90 Å². The van der Waals surface area contributed by atoms with E-state index in [2.05, 4.69) is 23.0 Å². The Morgan fingerprint density at radius 2 is 2.00 bits per heavy atom. The fraction of sp³-hybridized carbons (Fsp3) is 0.750. The molecule has 1 amide bonds. The van der Waals surface area contributed by atoms with E-state index in [1.54, 1.807) is 0 Å². The number of piperidine rings is 1. The molecule has 0 N–H and O–H groups in total. The van der Waals surface area contributed by atoms with E-state index < -0.39 is 0 Å². The molecule has 1 aromatic rings. The Balaban J connectivity index is 1.62. The minimum Gasteiger partial charge on any atom is -0.339 e. The van der Waals surface area contributed by atoms with Gasteiger partial charge in [-0.1, -0.05) is 12.8 Å². The minimum absolute atomic E-state index is 0.320. The molecule has 0 bridgehead atoms. The Bertz CT molecular complexity index is 655. The van der Waals surface area contributed by atoms with Gasteiger partial charge in [-0.2, -0.15) is 10.4 Å². The third-order valence-corrected chi connectivity index (χ3v) is 6.12. The van der Waals surface area contributed by atoms with Crippen molar-refractivity contribution < 1.29 is 4.79 Å². The molecular formula is C20H30N4O. The predicted molar refractivity (Wildman–Crippen MR) is 96.9 cm³/mol. The van der Waals surface area contributed by atoms with Crippen LogP contribution in [0, 0.1) is 31.1 Å². The lowest BCUT2D eigenvalue weighted by atomic mass is 9.78. The number of hydrogen-bond donors (Lipinski definition) is 0. The van der Waals surface area contributed by atoms with Gasteiger partial charge >= 0.3 is 0 Å². The van der Waals surface area contributed by atoms with E-state index in [1.165, 1.54) is 37.7 Å². The molecule has 1 aromatic heterocycles. The van der Waals surface area contributed by atoms with E-state index in [0.717, 1.165) is 36.7 Å². The molecule has 5 nitrogen and oxygen atoms in total. The van der Waals surface area contributed by atoms with Crippen LogP contribution in [0.5, 0.6) is 0 Å². The van der Waals surface area contributed by atoms with Crippen molar-refractivity contribution in [3.05, 3.63) is 17.0 Å². The molecular weight excluding hydrogens is 312 g/mol. The quantitative estimate of drug-likeness (QED) is 0.822. The molecule has 2 heterocycles. The van der Waals surface area contributed by atoms with Crippen molar-refractivity contribution in [2.45, 2.75) is 84.2 Å². The molecule has 0 aromatic carbocycles. The number of likely N-dealkylation sites (tertiary alicyclic amines) is 1. The molecule has 25 heavy (non-hydrogen) atoms. The van der Waals surface area contributed by atoms with Crippen LogP contribution in [0.25, 0.3) is 0 Å². The molecule has 1 aliphatic heterocycles. The van der Waals surface area contributed by atoms with Crippen molar-refractivity contribution in [1.29, 1.82) is 5.26 Å². The lowest BCUT2D eigenvalue weighted by molar-refractivity contribution is -0.137. The van der Waals surface area contributed by atoms with Gasteiger partial charge in [-0.3, -0.25) is 9.48 Å². The number of carbonyl (C=O) groups is 1. The molecule has 2 fully saturated rings. The maximum absolute atomic E-state index is 12.9. The number of aryl methyl sites for hydroxylation is 2. The van der Waals surface area contributed by atoms with Crippen molar-refractivity contribution in [3.8, 4) is 6.07 Å². The van der Waals surface area contributed by atoms with E-state index in [-0.39, 0.29) is 0 Å². The minimum atomic E-state index is 0.320. The largest absolute Gasteiger partial charge is 0.339 e. The summed E-state index contributed by atoms with van der Waals surface area (Å²) in [6.07, 6.45) is 9.38. The highest BCUT2D eigenvalue weighted by Crippen LogP contribution is 2.35. The first-order valence-electron chi connectivity index (χ1n) is 9.81. The summed E-state index contributed by atoms with van der Waals surface area (Å²) in [6.45, 7) is 5.63. The number of fused-ring (bicyclic) bond motifs is 1. The Morgan fingerprint density at radius 1 is 1.24 bits per heavy atom. The predicted octanol–water partition coefficient (Wildman–Crippen LogP) is 3.53. The molecule has 3 rings (SSSR count). The fourth-order valence-corrected chi connectivity index (χ4v) is 4.78. The van der Waals surface area contributed by atoms with Crippen LogP contribution in [0.3, 0.4) is 0 Å². The molecule has 0 unspecified atom stereocenters. The van der Waals surface area contributed by atoms with E-state index in [1.807, 2.05) is 11.6 Å². The van der Waals surface area contributed by atoms with E-state index in [0.29, 0.717) is 31.3 Å². The molecule has 1 saturated heterocycles. The third-order valence-electron chi connectivity index (χ3n) is 6.12. The van der Waals surface area contributed by atoms with Gasteiger partial charge in [-0.25, -0.2) is 0 Å². The fourth-order valence-electron chi connectivity index (χ4n) is 4.78. The second kappa shape index (κ2) is 8.03. The summed E-state index contributed by atoms with van der Waals surface area (Å²) >= 11 is 0. The average Bonchev–Trinajstić information content (AvgIpc) is 2.90. The van der Waals surface area contributed by atoms with Gasteiger partial charge in [0.15, 0.2) is 0 Å². The molecule has 1 saturated carbocycles. The van der Waals surface area contributed by atoms with Crippen molar-refractivity contribution in [2.24, 2.45) is 5.92 Å². The van der Waals surface area contributed by atoms with Crippen LogP contribution in [-0.4, -0.2) is 33.2 Å². The lowest BCUT2D eigenvalue weighted by Gasteiger charge is -2.44. The summed E-state index contributed by atoms with van der Waals surface area (Å²) in [5, 5.41) is 13.3. The first kappa shape index (κ1) is 18.0. The van der Waals surface area contributed by atoms with Crippen molar-refractivity contribution >= 4 is 5.91 Å². The van der Waals surface area contributed by atoms with Crippen LogP contribution in [-0.2, 0) is 17.8 Å². The van der Waals surface area contributed by atoms with Gasteiger partial charge in [0.25, 0.3) is 0 Å². The maximum Gasteiger partial charge on any atom is 0.223 e. The Morgan fingerprint density at radius 3 is 2.80 bits per heavy atom. The standard InChI is InChI=1S/C20H30N4O/c1-15-18(16(2)24(22-15)14-6-12-21)10-11-20(25)23-13-5-8-17-7-3-4-9-19(17)23/h17,19H,3-11,13-14H2,1-2H3/t17-,19+/m0/s1. The molecule has 136 valence electrons. The summed E-state index contributed by atoms with van der Waals surface area (Å²) in [4.78, 5) is 15.1. The van der Waals surface area contributed by atoms with Gasteiger partial charge in [0.1, 0.15) is 0 Å². The monoisotopic (exact) mass is 342 g/mol. The van der Waals surface area contributed by atoms with Gasteiger partial charge in [0.05, 0.1) is 24.7 Å². The summed E-state index contributed by atoms with van der Waals surface area (Å²) in [5.41, 5.74) is 3.29. The average molecular weight is 342 g/mol. The number of carbonyl (C=O) groups excluding carboxylic acids is 1. The Kier molecular flexibility index (Phi) is 5.78. The highest BCUT2D eigenvalue weighted by atomic mass is 16.2. The SMILES string of the molecule is Cc1nn(CCC#N)c(C)c1CCC(=O)N1CCC[C@@H]2CCCC[C@H]21. The van der Waals surface area contributed by atoms with E-state index in [9.17, 15) is 4.79 Å². The summed E-state index contributed by atoms with van der Waals surface area (Å²) < 4.78 is 1.91. The van der Waals surface area contributed by atoms with Crippen LogP contribution in [0.2, 0.25) is 0 Å². The molecule has 1 aliphatic carbocycles. The van der Waals surface area contributed by atoms with Gasteiger partial charge in [0, 0.05) is 24.7 Å². The number of amides is 1. The zero-order valence-corrected chi connectivity index (χ0v) is 15.6. The Labute approximate surface area is 151 Å². The van der Waals surface area contributed by atoms with Crippen LogP contribution >= 0.6 is 0 Å². The lowest BCUT2D eigenvalue weighted by Crippen LogP contribution is -2.49. The number of nitrogens with zero attached hydrogens (tertiary/aromatic N) is 4. The highest BCUT2D eigenvalue weighted by molar-refractivity contribution is 5.77. The molecule has 2 aliphatic rings. The van der Waals surface area contributed by atoms with Gasteiger partial charge in [-0.15, -0.1) is 0 Å². The van der Waals surface area contributed by atoms with Crippen LogP contribution in [0.4, 0.5) is 0 Å². The zero-order valence-electron chi connectivity index (χ0n) is 15.6. The number of aromatic nitrogens is 2. The van der Waals surface area contributed by atoms with Crippen molar-refractivity contribution in [1.82, 2.24) is 14.7 Å². The third kappa shape index (κ3) is 3.89. The van der Waals surface area contributed by atoms with Crippen LogP contribution in [0.15, 0.2) is 0 Å². The topological polar surface area (TPSA) is 61.9 Å². The second-order valence-electron chi connectivity index (χ2n) is 7.62. The van der Waals surface area contributed by atoms with Gasteiger partial charge in [0.2, 0.25) is 5.91 Å². The smallest absolute Gasteiger partial charge is 0.223 e. The highest BCUT2D eigenvalue weighted by Gasteiger charge is 2.35. The number of rotatable bonds is 5. The van der Waals surface area contributed by atoms with Crippen molar-refractivity contribution in [3.63, 3.8) is 0 Å². The maximum atomic E-state index is 12.9. The van der Waals surface area contributed by atoms with Crippen LogP contribution in [0.1, 0.15) is 68.3 Å². The first-order valence-corrected chi connectivity index (χ1v) is 9.81. The van der Waals surface area contributed by atoms with E-state index >= 15 is 0 Å². The molecule has 5 heteroatoms. The van der Waals surface area contributed by atoms with Crippen molar-refractivity contribution in [2.75, 3.05) is 6.54 Å². The number of nitriles is 1. The second-order valence-corrected chi connectivity index (χ2v) is 7.62. The normalized spacial score (nSPS) is 23.2.